The summed E-state index contributed by atoms with van der Waals surface area (Å²) in [6.07, 6.45) is 3.25. The number of nitrogens with zero attached hydrogens (tertiary/aromatic N) is 5. The lowest BCUT2D eigenvalue weighted by Crippen LogP contribution is -2.33. The predicted octanol–water partition coefficient (Wildman–Crippen LogP) is 4.09. The van der Waals surface area contributed by atoms with Crippen LogP contribution in [0.1, 0.15) is 24.1 Å². The summed E-state index contributed by atoms with van der Waals surface area (Å²) in [5, 5.41) is 6.57. The molecule has 8 nitrogen and oxygen atoms in total. The average molecular weight is 415 g/mol. The zero-order valence-corrected chi connectivity index (χ0v) is 16.1. The van der Waals surface area contributed by atoms with Gasteiger partial charge in [0.2, 0.25) is 0 Å². The topological polar surface area (TPSA) is 112 Å². The first-order valence-corrected chi connectivity index (χ1v) is 8.98. The number of carbonyl (C=O) groups excluding carboxylic acids is 1. The van der Waals surface area contributed by atoms with Crippen LogP contribution in [-0.2, 0) is 9.53 Å². The Labute approximate surface area is 170 Å². The fraction of sp³-hybridized carbons (Fsp3) is 0.211. The maximum Gasteiger partial charge on any atom is 0.338 e. The van der Waals surface area contributed by atoms with Crippen LogP contribution in [0, 0.1) is 5.82 Å². The maximum atomic E-state index is 13.5. The number of aliphatic imine (C=N–C) groups is 1. The molecule has 1 atom stereocenters. The predicted molar refractivity (Wildman–Crippen MR) is 106 cm³/mol. The quantitative estimate of drug-likeness (QED) is 0.252. The van der Waals surface area contributed by atoms with E-state index in [-0.39, 0.29) is 23.7 Å². The molecule has 2 aromatic rings. The van der Waals surface area contributed by atoms with Crippen LogP contribution in [0.25, 0.3) is 10.4 Å². The lowest BCUT2D eigenvalue weighted by atomic mass is 9.95. The van der Waals surface area contributed by atoms with Gasteiger partial charge in [-0.2, -0.15) is 0 Å². The highest BCUT2D eigenvalue weighted by Crippen LogP contribution is 2.36. The number of halogens is 2. The minimum absolute atomic E-state index is 0.00943. The number of azide groups is 1. The molecule has 1 unspecified atom stereocenters. The molecule has 0 aliphatic carbocycles. The Morgan fingerprint density at radius 1 is 1.38 bits per heavy atom. The van der Waals surface area contributed by atoms with Crippen molar-refractivity contribution in [2.45, 2.75) is 13.0 Å². The molecule has 2 heterocycles. The number of hydrogen-bond acceptors (Lipinski definition) is 6. The van der Waals surface area contributed by atoms with Crippen molar-refractivity contribution in [3.63, 3.8) is 0 Å². The molecular weight excluding hydrogens is 399 g/mol. The van der Waals surface area contributed by atoms with Gasteiger partial charge in [-0.15, -0.1) is 0 Å². The number of pyridine rings is 1. The molecule has 0 saturated heterocycles. The van der Waals surface area contributed by atoms with Gasteiger partial charge in [0, 0.05) is 39.2 Å². The molecule has 148 valence electrons. The average Bonchev–Trinajstić information content (AvgIpc) is 2.71. The summed E-state index contributed by atoms with van der Waals surface area (Å²) in [6, 6.07) is 6.64. The number of amidine groups is 1. The van der Waals surface area contributed by atoms with Crippen LogP contribution in [-0.4, -0.2) is 29.9 Å². The van der Waals surface area contributed by atoms with Gasteiger partial charge in [-0.05, 0) is 36.7 Å². The Morgan fingerprint density at radius 3 is 2.83 bits per heavy atom. The molecule has 1 N–H and O–H groups in total. The molecule has 3 rings (SSSR count). The van der Waals surface area contributed by atoms with Crippen molar-refractivity contribution >= 4 is 23.4 Å². The van der Waals surface area contributed by atoms with E-state index in [0.717, 1.165) is 5.56 Å². The minimum atomic E-state index is -0.806. The number of rotatable bonds is 6. The number of esters is 1. The van der Waals surface area contributed by atoms with Crippen LogP contribution in [0.2, 0.25) is 5.02 Å². The van der Waals surface area contributed by atoms with Gasteiger partial charge in [-0.25, -0.2) is 9.18 Å². The van der Waals surface area contributed by atoms with E-state index in [9.17, 15) is 9.18 Å². The SMILES string of the molecule is CC1=C(C(=O)OCCN=[N+]=[N-])C(c2ccc(F)cc2Cl)N=C(c2ccncc2)N1. The van der Waals surface area contributed by atoms with E-state index in [1.807, 2.05) is 0 Å². The summed E-state index contributed by atoms with van der Waals surface area (Å²) in [4.78, 5) is 24.0. The van der Waals surface area contributed by atoms with Crippen LogP contribution < -0.4 is 5.32 Å². The first kappa shape index (κ1) is 20.3. The van der Waals surface area contributed by atoms with Gasteiger partial charge < -0.3 is 10.1 Å². The van der Waals surface area contributed by atoms with Crippen molar-refractivity contribution in [2.75, 3.05) is 13.2 Å². The third kappa shape index (κ3) is 4.71. The van der Waals surface area contributed by atoms with E-state index in [1.54, 1.807) is 31.5 Å². The van der Waals surface area contributed by atoms with E-state index in [1.165, 1.54) is 18.2 Å². The van der Waals surface area contributed by atoms with Gasteiger partial charge in [0.25, 0.3) is 0 Å². The van der Waals surface area contributed by atoms with Gasteiger partial charge in [0.05, 0.1) is 18.7 Å². The molecule has 1 aromatic heterocycles. The normalized spacial score (nSPS) is 15.8. The number of nitrogens with one attached hydrogen (secondary N) is 1. The summed E-state index contributed by atoms with van der Waals surface area (Å²) in [5.74, 6) is -0.614. The van der Waals surface area contributed by atoms with Crippen LogP contribution in [0.15, 0.2) is 64.1 Å². The van der Waals surface area contributed by atoms with Crippen LogP contribution >= 0.6 is 11.6 Å². The van der Waals surface area contributed by atoms with Gasteiger partial charge in [0.15, 0.2) is 0 Å². The molecule has 0 spiro atoms. The molecule has 0 saturated carbocycles. The smallest absolute Gasteiger partial charge is 0.338 e. The van der Waals surface area contributed by atoms with Gasteiger partial charge >= 0.3 is 5.97 Å². The third-order valence-electron chi connectivity index (χ3n) is 4.16. The highest BCUT2D eigenvalue weighted by atomic mass is 35.5. The van der Waals surface area contributed by atoms with E-state index in [0.29, 0.717) is 17.1 Å². The number of benzene rings is 1. The Balaban J connectivity index is 2.01. The third-order valence-corrected chi connectivity index (χ3v) is 4.49. The largest absolute Gasteiger partial charge is 0.462 e. The molecule has 10 heteroatoms. The molecule has 0 radical (unpaired) electrons. The fourth-order valence-electron chi connectivity index (χ4n) is 2.85. The number of hydrogen-bond donors (Lipinski definition) is 1. The summed E-state index contributed by atoms with van der Waals surface area (Å²) in [6.45, 7) is 1.64. The Bertz CT molecular complexity index is 1030. The standard InChI is InChI=1S/C19H16ClFN6O2/c1-11-16(19(28)29-9-8-24-27-22)17(14-3-2-13(21)10-15(14)20)26-18(25-11)12-4-6-23-7-5-12/h2-7,10,17H,8-9H2,1H3,(H,25,26). The number of carbonyl (C=O) groups is 1. The Morgan fingerprint density at radius 2 is 2.14 bits per heavy atom. The van der Waals surface area contributed by atoms with Crippen molar-refractivity contribution in [1.29, 1.82) is 0 Å². The van der Waals surface area contributed by atoms with Crippen LogP contribution in [0.4, 0.5) is 4.39 Å². The molecule has 1 aliphatic heterocycles. The monoisotopic (exact) mass is 414 g/mol. The van der Waals surface area contributed by atoms with Crippen molar-refractivity contribution in [2.24, 2.45) is 10.1 Å². The molecule has 0 bridgehead atoms. The van der Waals surface area contributed by atoms with Crippen LogP contribution in [0.5, 0.6) is 0 Å². The first-order valence-electron chi connectivity index (χ1n) is 8.60. The summed E-state index contributed by atoms with van der Waals surface area (Å²) in [7, 11) is 0. The van der Waals surface area contributed by atoms with Crippen molar-refractivity contribution < 1.29 is 13.9 Å². The number of aromatic nitrogens is 1. The van der Waals surface area contributed by atoms with Crippen LogP contribution in [0.3, 0.4) is 0 Å². The fourth-order valence-corrected chi connectivity index (χ4v) is 3.12. The van der Waals surface area contributed by atoms with Crippen molar-refractivity contribution in [1.82, 2.24) is 10.3 Å². The molecular formula is C19H16ClFN6O2. The number of ether oxygens (including phenoxy) is 1. The first-order chi connectivity index (χ1) is 14.0. The molecule has 0 fully saturated rings. The lowest BCUT2D eigenvalue weighted by molar-refractivity contribution is -0.139. The summed E-state index contributed by atoms with van der Waals surface area (Å²) < 4.78 is 18.8. The van der Waals surface area contributed by atoms with E-state index in [4.69, 9.17) is 21.9 Å². The van der Waals surface area contributed by atoms with Crippen molar-refractivity contribution in [3.05, 3.63) is 86.4 Å². The van der Waals surface area contributed by atoms with E-state index < -0.39 is 17.8 Å². The van der Waals surface area contributed by atoms with E-state index >= 15 is 0 Å². The van der Waals surface area contributed by atoms with E-state index in [2.05, 4.69) is 25.3 Å². The van der Waals surface area contributed by atoms with Gasteiger partial charge in [0.1, 0.15) is 17.7 Å². The minimum Gasteiger partial charge on any atom is -0.462 e. The zero-order valence-electron chi connectivity index (χ0n) is 15.3. The summed E-state index contributed by atoms with van der Waals surface area (Å²) >= 11 is 6.25. The molecule has 1 aromatic carbocycles. The van der Waals surface area contributed by atoms with Gasteiger partial charge in [-0.1, -0.05) is 22.8 Å². The highest BCUT2D eigenvalue weighted by molar-refractivity contribution is 6.31. The Kier molecular flexibility index (Phi) is 6.43. The summed E-state index contributed by atoms with van der Waals surface area (Å²) in [5.41, 5.74) is 10.3. The van der Waals surface area contributed by atoms with Gasteiger partial charge in [-0.3, -0.25) is 9.98 Å². The zero-order chi connectivity index (χ0) is 20.8. The maximum absolute atomic E-state index is 13.5. The highest BCUT2D eigenvalue weighted by Gasteiger charge is 2.32. The second kappa shape index (κ2) is 9.18. The molecule has 0 amide bonds. The van der Waals surface area contributed by atoms with Crippen molar-refractivity contribution in [3.8, 4) is 0 Å². The molecule has 1 aliphatic rings. The second-order valence-electron chi connectivity index (χ2n) is 6.04. The molecule has 29 heavy (non-hydrogen) atoms. The lowest BCUT2D eigenvalue weighted by Gasteiger charge is -2.26. The second-order valence-corrected chi connectivity index (χ2v) is 6.44. The number of allylic oxidation sites excluding steroid dienone is 1. The Hall–Kier alpha value is -3.42.